The standard InChI is InChI=1S/C27H23N5O3S/c1-34-17-12-13-23(35-2)21(14-17)30-27(36)32-31-26(33)22-15-19-18-10-6-7-11-20(18)28-25(19)24(29-22)16-8-4-3-5-9-16/h3-15,28H,1-2H3,(H,31,33)(H2,30,32,36). The van der Waals surface area contributed by atoms with Gasteiger partial charge in [0.1, 0.15) is 17.2 Å². The maximum atomic E-state index is 13.1. The number of thiocarbonyl (C=S) groups is 1. The molecule has 0 aliphatic heterocycles. The van der Waals surface area contributed by atoms with E-state index in [0.29, 0.717) is 22.9 Å². The van der Waals surface area contributed by atoms with E-state index in [1.807, 2.05) is 54.6 Å². The fraction of sp³-hybridized carbons (Fsp3) is 0.0741. The summed E-state index contributed by atoms with van der Waals surface area (Å²) in [5.74, 6) is 0.779. The summed E-state index contributed by atoms with van der Waals surface area (Å²) in [6, 6.07) is 24.8. The first kappa shape index (κ1) is 23.1. The van der Waals surface area contributed by atoms with Crippen molar-refractivity contribution in [1.82, 2.24) is 20.8 Å². The summed E-state index contributed by atoms with van der Waals surface area (Å²) >= 11 is 5.36. The number of rotatable bonds is 5. The van der Waals surface area contributed by atoms with Gasteiger partial charge in [-0.15, -0.1) is 0 Å². The molecule has 3 aromatic carbocycles. The largest absolute Gasteiger partial charge is 0.497 e. The monoisotopic (exact) mass is 497 g/mol. The van der Waals surface area contributed by atoms with Crippen LogP contribution in [-0.2, 0) is 0 Å². The zero-order chi connectivity index (χ0) is 25.1. The number of aromatic nitrogens is 2. The molecule has 0 spiro atoms. The Kier molecular flexibility index (Phi) is 6.38. The normalized spacial score (nSPS) is 10.7. The van der Waals surface area contributed by atoms with E-state index in [-0.39, 0.29) is 10.8 Å². The number of anilines is 1. The van der Waals surface area contributed by atoms with Gasteiger partial charge >= 0.3 is 0 Å². The van der Waals surface area contributed by atoms with Crippen molar-refractivity contribution >= 4 is 50.7 Å². The van der Waals surface area contributed by atoms with Crippen LogP contribution < -0.4 is 25.6 Å². The molecule has 0 aliphatic rings. The van der Waals surface area contributed by atoms with Crippen LogP contribution in [0.4, 0.5) is 5.69 Å². The highest BCUT2D eigenvalue weighted by molar-refractivity contribution is 7.80. The number of aromatic amines is 1. The Hall–Kier alpha value is -4.63. The molecule has 0 atom stereocenters. The third-order valence-electron chi connectivity index (χ3n) is 5.72. The summed E-state index contributed by atoms with van der Waals surface area (Å²) in [4.78, 5) is 21.3. The van der Waals surface area contributed by atoms with Gasteiger partial charge in [0.05, 0.1) is 31.1 Å². The van der Waals surface area contributed by atoms with E-state index >= 15 is 0 Å². The van der Waals surface area contributed by atoms with Crippen LogP contribution >= 0.6 is 12.2 Å². The summed E-state index contributed by atoms with van der Waals surface area (Å²) < 4.78 is 10.6. The van der Waals surface area contributed by atoms with Crippen LogP contribution in [0.25, 0.3) is 33.1 Å². The van der Waals surface area contributed by atoms with Gasteiger partial charge in [0.25, 0.3) is 5.91 Å². The predicted octanol–water partition coefficient (Wildman–Crippen LogP) is 5.03. The SMILES string of the molecule is COc1ccc(OC)c(NC(=S)NNC(=O)c2cc3c([nH]c4ccccc43)c(-c3ccccc3)n2)c1. The van der Waals surface area contributed by atoms with Crippen LogP contribution in [0.15, 0.2) is 78.9 Å². The number of para-hydroxylation sites is 1. The molecule has 8 nitrogen and oxygen atoms in total. The summed E-state index contributed by atoms with van der Waals surface area (Å²) in [5.41, 5.74) is 9.64. The minimum atomic E-state index is -0.430. The summed E-state index contributed by atoms with van der Waals surface area (Å²) in [6.45, 7) is 0. The number of carbonyl (C=O) groups excluding carboxylic acids is 1. The Bertz CT molecular complexity index is 1580. The minimum Gasteiger partial charge on any atom is -0.497 e. The summed E-state index contributed by atoms with van der Waals surface area (Å²) in [7, 11) is 3.13. The van der Waals surface area contributed by atoms with Crippen molar-refractivity contribution in [3.8, 4) is 22.8 Å². The van der Waals surface area contributed by atoms with Gasteiger partial charge < -0.3 is 19.8 Å². The first-order valence-electron chi connectivity index (χ1n) is 11.1. The predicted molar refractivity (Wildman–Crippen MR) is 145 cm³/mol. The van der Waals surface area contributed by atoms with Gasteiger partial charge in [-0.3, -0.25) is 15.6 Å². The molecule has 2 aromatic heterocycles. The first-order valence-corrected chi connectivity index (χ1v) is 11.5. The Morgan fingerprint density at radius 2 is 1.67 bits per heavy atom. The van der Waals surface area contributed by atoms with E-state index in [2.05, 4.69) is 21.2 Å². The Balaban J connectivity index is 1.42. The lowest BCUT2D eigenvalue weighted by atomic mass is 10.1. The molecule has 9 heteroatoms. The third kappa shape index (κ3) is 4.51. The highest BCUT2D eigenvalue weighted by atomic mass is 32.1. The molecular weight excluding hydrogens is 474 g/mol. The van der Waals surface area contributed by atoms with Crippen molar-refractivity contribution in [3.63, 3.8) is 0 Å². The first-order chi connectivity index (χ1) is 17.6. The molecule has 0 unspecified atom stereocenters. The molecule has 0 radical (unpaired) electrons. The van der Waals surface area contributed by atoms with Gasteiger partial charge in [0.15, 0.2) is 5.11 Å². The van der Waals surface area contributed by atoms with Gasteiger partial charge in [0.2, 0.25) is 0 Å². The molecule has 1 amide bonds. The molecule has 4 N–H and O–H groups in total. The zero-order valence-corrected chi connectivity index (χ0v) is 20.4. The van der Waals surface area contributed by atoms with E-state index in [0.717, 1.165) is 27.4 Å². The number of H-pyrrole nitrogens is 1. The molecule has 5 aromatic rings. The number of benzene rings is 3. The van der Waals surface area contributed by atoms with Gasteiger partial charge in [-0.25, -0.2) is 4.98 Å². The molecule has 2 heterocycles. The quantitative estimate of drug-likeness (QED) is 0.200. The van der Waals surface area contributed by atoms with Crippen molar-refractivity contribution in [2.45, 2.75) is 0 Å². The summed E-state index contributed by atoms with van der Waals surface area (Å²) in [6.07, 6.45) is 0. The molecule has 0 bridgehead atoms. The lowest BCUT2D eigenvalue weighted by molar-refractivity contribution is 0.0939. The lowest BCUT2D eigenvalue weighted by Gasteiger charge is -2.15. The highest BCUT2D eigenvalue weighted by Crippen LogP contribution is 2.32. The zero-order valence-electron chi connectivity index (χ0n) is 19.6. The Morgan fingerprint density at radius 1 is 0.889 bits per heavy atom. The minimum absolute atomic E-state index is 0.173. The summed E-state index contributed by atoms with van der Waals surface area (Å²) in [5, 5.41) is 5.10. The number of nitrogens with one attached hydrogen (secondary N) is 4. The fourth-order valence-corrected chi connectivity index (χ4v) is 4.17. The van der Waals surface area contributed by atoms with Gasteiger partial charge in [-0.2, -0.15) is 0 Å². The number of ether oxygens (including phenoxy) is 2. The highest BCUT2D eigenvalue weighted by Gasteiger charge is 2.17. The smallest absolute Gasteiger partial charge is 0.288 e. The number of hydrogen-bond acceptors (Lipinski definition) is 5. The van der Waals surface area contributed by atoms with E-state index in [1.165, 1.54) is 0 Å². The Morgan fingerprint density at radius 3 is 2.44 bits per heavy atom. The third-order valence-corrected chi connectivity index (χ3v) is 5.92. The Labute approximate surface area is 212 Å². The topological polar surface area (TPSA) is 100 Å². The molecule has 36 heavy (non-hydrogen) atoms. The van der Waals surface area contributed by atoms with Crippen LogP contribution in [-0.4, -0.2) is 35.2 Å². The lowest BCUT2D eigenvalue weighted by Crippen LogP contribution is -2.44. The van der Waals surface area contributed by atoms with E-state index < -0.39 is 5.91 Å². The van der Waals surface area contributed by atoms with Crippen LogP contribution in [0.5, 0.6) is 11.5 Å². The maximum Gasteiger partial charge on any atom is 0.288 e. The van der Waals surface area contributed by atoms with E-state index in [9.17, 15) is 4.79 Å². The molecule has 0 fully saturated rings. The number of methoxy groups -OCH3 is 2. The number of carbonyl (C=O) groups is 1. The van der Waals surface area contributed by atoms with Crippen molar-refractivity contribution < 1.29 is 14.3 Å². The molecule has 180 valence electrons. The van der Waals surface area contributed by atoms with Crippen LogP contribution in [0.3, 0.4) is 0 Å². The second-order valence-corrected chi connectivity index (χ2v) is 8.32. The van der Waals surface area contributed by atoms with Crippen LogP contribution in [0.1, 0.15) is 10.5 Å². The average molecular weight is 498 g/mol. The van der Waals surface area contributed by atoms with Gasteiger partial charge in [-0.1, -0.05) is 48.5 Å². The second kappa shape index (κ2) is 9.93. The fourth-order valence-electron chi connectivity index (χ4n) is 4.01. The average Bonchev–Trinajstić information content (AvgIpc) is 3.30. The van der Waals surface area contributed by atoms with Crippen LogP contribution in [0, 0.1) is 0 Å². The molecule has 0 saturated heterocycles. The number of fused-ring (bicyclic) bond motifs is 3. The number of pyridine rings is 1. The molecular formula is C27H23N5O3S. The van der Waals surface area contributed by atoms with Gasteiger partial charge in [0, 0.05) is 27.9 Å². The second-order valence-electron chi connectivity index (χ2n) is 7.91. The number of hydrogen-bond donors (Lipinski definition) is 4. The van der Waals surface area contributed by atoms with E-state index in [4.69, 9.17) is 26.7 Å². The van der Waals surface area contributed by atoms with Crippen molar-refractivity contribution in [2.75, 3.05) is 19.5 Å². The van der Waals surface area contributed by atoms with Crippen molar-refractivity contribution in [3.05, 3.63) is 84.6 Å². The maximum absolute atomic E-state index is 13.1. The molecule has 0 saturated carbocycles. The van der Waals surface area contributed by atoms with Crippen LogP contribution in [0.2, 0.25) is 0 Å². The van der Waals surface area contributed by atoms with Crippen molar-refractivity contribution in [2.24, 2.45) is 0 Å². The number of hydrazine groups is 1. The van der Waals surface area contributed by atoms with Gasteiger partial charge in [-0.05, 0) is 36.5 Å². The van der Waals surface area contributed by atoms with Crippen molar-refractivity contribution in [1.29, 1.82) is 0 Å². The molecule has 0 aliphatic carbocycles. The van der Waals surface area contributed by atoms with E-state index in [1.54, 1.807) is 38.5 Å². The number of nitrogens with zero attached hydrogens (tertiary/aromatic N) is 1. The molecule has 5 rings (SSSR count). The number of amides is 1.